The second-order valence-corrected chi connectivity index (χ2v) is 6.70. The van der Waals surface area contributed by atoms with E-state index in [2.05, 4.69) is 4.98 Å². The van der Waals surface area contributed by atoms with Gasteiger partial charge in [-0.3, -0.25) is 4.79 Å². The van der Waals surface area contributed by atoms with Crippen LogP contribution in [0, 0.1) is 5.82 Å². The molecular formula is C19H24FN3O2. The number of likely N-dealkylation sites (N-methyl/N-ethyl adjacent to an activating group) is 1. The quantitative estimate of drug-likeness (QED) is 0.807. The average Bonchev–Trinajstić information content (AvgIpc) is 3.11. The van der Waals surface area contributed by atoms with E-state index in [1.807, 2.05) is 19.0 Å². The molecule has 1 amide bonds. The highest BCUT2D eigenvalue weighted by molar-refractivity contribution is 5.95. The van der Waals surface area contributed by atoms with E-state index in [4.69, 9.17) is 4.74 Å². The number of carbonyl (C=O) groups excluding carboxylic acids is 1. The molecule has 6 heteroatoms. The molecule has 5 nitrogen and oxygen atoms in total. The summed E-state index contributed by atoms with van der Waals surface area (Å²) in [4.78, 5) is 21.0. The summed E-state index contributed by atoms with van der Waals surface area (Å²) in [6, 6.07) is 8.20. The number of carbonyl (C=O) groups is 1. The lowest BCUT2D eigenvalue weighted by atomic mass is 10.1. The average molecular weight is 345 g/mol. The summed E-state index contributed by atoms with van der Waals surface area (Å²) in [7, 11) is 3.94. The monoisotopic (exact) mass is 345 g/mol. The first-order valence-corrected chi connectivity index (χ1v) is 8.65. The second kappa shape index (κ2) is 7.89. The molecule has 25 heavy (non-hydrogen) atoms. The van der Waals surface area contributed by atoms with Gasteiger partial charge in [0.25, 0.3) is 5.91 Å². The fourth-order valence-corrected chi connectivity index (χ4v) is 3.02. The predicted octanol–water partition coefficient (Wildman–Crippen LogP) is 2.56. The zero-order valence-electron chi connectivity index (χ0n) is 14.7. The molecule has 1 aliphatic heterocycles. The Morgan fingerprint density at radius 3 is 2.84 bits per heavy atom. The number of hydrogen-bond donors (Lipinski definition) is 0. The van der Waals surface area contributed by atoms with Crippen molar-refractivity contribution in [3.8, 4) is 0 Å². The molecule has 1 fully saturated rings. The van der Waals surface area contributed by atoms with Crippen molar-refractivity contribution in [3.63, 3.8) is 0 Å². The van der Waals surface area contributed by atoms with E-state index in [1.165, 1.54) is 6.07 Å². The van der Waals surface area contributed by atoms with Gasteiger partial charge in [0, 0.05) is 31.6 Å². The summed E-state index contributed by atoms with van der Waals surface area (Å²) in [5.41, 5.74) is 0.507. The smallest absolute Gasteiger partial charge is 0.272 e. The molecular weight excluding hydrogens is 321 g/mol. The highest BCUT2D eigenvalue weighted by atomic mass is 19.1. The van der Waals surface area contributed by atoms with Crippen molar-refractivity contribution in [2.75, 3.05) is 40.3 Å². The summed E-state index contributed by atoms with van der Waals surface area (Å²) in [6.07, 6.45) is 2.06. The normalized spacial score (nSPS) is 17.4. The number of aromatic nitrogens is 1. The van der Waals surface area contributed by atoms with E-state index in [0.717, 1.165) is 26.0 Å². The van der Waals surface area contributed by atoms with Crippen molar-refractivity contribution in [2.24, 2.45) is 0 Å². The standard InChI is InChI=1S/C19H24FN3O2/c1-22(2)10-11-23(13-15-6-4-12-25-15)19(24)17-9-8-14-5-3-7-16(20)18(14)21-17/h3,5,7-9,15H,4,6,10-13H2,1-2H3/t15-/m0/s1. The highest BCUT2D eigenvalue weighted by Gasteiger charge is 2.24. The van der Waals surface area contributed by atoms with Gasteiger partial charge in [0.2, 0.25) is 0 Å². The third-order valence-corrected chi connectivity index (χ3v) is 4.44. The van der Waals surface area contributed by atoms with Gasteiger partial charge in [-0.05, 0) is 39.1 Å². The Morgan fingerprint density at radius 1 is 1.28 bits per heavy atom. The van der Waals surface area contributed by atoms with Gasteiger partial charge in [-0.25, -0.2) is 9.37 Å². The maximum Gasteiger partial charge on any atom is 0.272 e. The van der Waals surface area contributed by atoms with Crippen molar-refractivity contribution in [2.45, 2.75) is 18.9 Å². The maximum absolute atomic E-state index is 14.0. The van der Waals surface area contributed by atoms with Crippen LogP contribution in [0.25, 0.3) is 10.9 Å². The zero-order chi connectivity index (χ0) is 17.8. The molecule has 2 heterocycles. The van der Waals surface area contributed by atoms with Crippen LogP contribution in [-0.4, -0.2) is 67.1 Å². The topological polar surface area (TPSA) is 45.7 Å². The van der Waals surface area contributed by atoms with Crippen LogP contribution in [0.4, 0.5) is 4.39 Å². The lowest BCUT2D eigenvalue weighted by Crippen LogP contribution is -2.41. The number of hydrogen-bond acceptors (Lipinski definition) is 4. The fourth-order valence-electron chi connectivity index (χ4n) is 3.02. The molecule has 0 bridgehead atoms. The molecule has 1 aliphatic rings. The van der Waals surface area contributed by atoms with Crippen LogP contribution in [0.1, 0.15) is 23.3 Å². The van der Waals surface area contributed by atoms with E-state index < -0.39 is 5.82 Å². The molecule has 1 aromatic heterocycles. The summed E-state index contributed by atoms with van der Waals surface area (Å²) in [5, 5.41) is 0.690. The van der Waals surface area contributed by atoms with Gasteiger partial charge in [0.05, 0.1) is 6.10 Å². The van der Waals surface area contributed by atoms with Gasteiger partial charge >= 0.3 is 0 Å². The van der Waals surface area contributed by atoms with Gasteiger partial charge in [-0.2, -0.15) is 0 Å². The van der Waals surface area contributed by atoms with Gasteiger partial charge < -0.3 is 14.5 Å². The number of nitrogens with zero attached hydrogens (tertiary/aromatic N) is 3. The third kappa shape index (κ3) is 4.32. The summed E-state index contributed by atoms with van der Waals surface area (Å²) in [6.45, 7) is 2.63. The third-order valence-electron chi connectivity index (χ3n) is 4.44. The molecule has 0 unspecified atom stereocenters. The van der Waals surface area contributed by atoms with Crippen LogP contribution >= 0.6 is 0 Å². The van der Waals surface area contributed by atoms with Crippen LogP contribution < -0.4 is 0 Å². The van der Waals surface area contributed by atoms with Gasteiger partial charge in [0.1, 0.15) is 17.0 Å². The Hall–Kier alpha value is -2.05. The van der Waals surface area contributed by atoms with Gasteiger partial charge in [-0.15, -0.1) is 0 Å². The molecule has 1 saturated heterocycles. The van der Waals surface area contributed by atoms with E-state index in [0.29, 0.717) is 18.5 Å². The molecule has 1 atom stereocenters. The minimum Gasteiger partial charge on any atom is -0.376 e. The molecule has 0 aliphatic carbocycles. The van der Waals surface area contributed by atoms with Crippen LogP contribution in [0.2, 0.25) is 0 Å². The van der Waals surface area contributed by atoms with Crippen molar-refractivity contribution < 1.29 is 13.9 Å². The minimum atomic E-state index is -0.411. The lowest BCUT2D eigenvalue weighted by molar-refractivity contribution is 0.0508. The first-order chi connectivity index (χ1) is 12.0. The Morgan fingerprint density at radius 2 is 2.12 bits per heavy atom. The molecule has 134 valence electrons. The lowest BCUT2D eigenvalue weighted by Gasteiger charge is -2.26. The highest BCUT2D eigenvalue weighted by Crippen LogP contribution is 2.18. The largest absolute Gasteiger partial charge is 0.376 e. The molecule has 0 saturated carbocycles. The molecule has 1 aromatic carbocycles. The van der Waals surface area contributed by atoms with Crippen LogP contribution in [0.3, 0.4) is 0 Å². The maximum atomic E-state index is 14.0. The molecule has 3 rings (SSSR count). The number of fused-ring (bicyclic) bond motifs is 1. The van der Waals surface area contributed by atoms with E-state index >= 15 is 0 Å². The van der Waals surface area contributed by atoms with Crippen LogP contribution in [0.5, 0.6) is 0 Å². The second-order valence-electron chi connectivity index (χ2n) is 6.70. The SMILES string of the molecule is CN(C)CCN(C[C@@H]1CCCO1)C(=O)c1ccc2cccc(F)c2n1. The Kier molecular flexibility index (Phi) is 5.60. The van der Waals surface area contributed by atoms with Gasteiger partial charge in [-0.1, -0.05) is 18.2 Å². The van der Waals surface area contributed by atoms with Gasteiger partial charge in [0.15, 0.2) is 0 Å². The number of para-hydroxylation sites is 1. The first-order valence-electron chi connectivity index (χ1n) is 8.65. The number of pyridine rings is 1. The summed E-state index contributed by atoms with van der Waals surface area (Å²) >= 11 is 0. The van der Waals surface area contributed by atoms with Crippen LogP contribution in [0.15, 0.2) is 30.3 Å². The van der Waals surface area contributed by atoms with E-state index in [-0.39, 0.29) is 23.2 Å². The van der Waals surface area contributed by atoms with Crippen LogP contribution in [-0.2, 0) is 4.74 Å². The first kappa shape index (κ1) is 17.8. The Labute approximate surface area is 147 Å². The zero-order valence-corrected chi connectivity index (χ0v) is 14.7. The number of halogens is 1. The Balaban J connectivity index is 1.83. The molecule has 0 radical (unpaired) electrons. The van der Waals surface area contributed by atoms with Crippen molar-refractivity contribution in [3.05, 3.63) is 41.8 Å². The van der Waals surface area contributed by atoms with E-state index in [1.54, 1.807) is 29.2 Å². The minimum absolute atomic E-state index is 0.0725. The molecule has 0 spiro atoms. The van der Waals surface area contributed by atoms with E-state index in [9.17, 15) is 9.18 Å². The van der Waals surface area contributed by atoms with Crippen molar-refractivity contribution in [1.29, 1.82) is 0 Å². The fraction of sp³-hybridized carbons (Fsp3) is 0.474. The number of amides is 1. The summed E-state index contributed by atoms with van der Waals surface area (Å²) < 4.78 is 19.7. The predicted molar refractivity (Wildman–Crippen MR) is 95.1 cm³/mol. The number of benzene rings is 1. The van der Waals surface area contributed by atoms with Crippen molar-refractivity contribution >= 4 is 16.8 Å². The number of rotatable bonds is 6. The summed E-state index contributed by atoms with van der Waals surface area (Å²) in [5.74, 6) is -0.589. The number of ether oxygens (including phenoxy) is 1. The molecule has 0 N–H and O–H groups in total. The van der Waals surface area contributed by atoms with Crippen molar-refractivity contribution in [1.82, 2.24) is 14.8 Å². The molecule has 2 aromatic rings. The Bertz CT molecular complexity index is 745.